The summed E-state index contributed by atoms with van der Waals surface area (Å²) < 4.78 is 5.63. The van der Waals surface area contributed by atoms with Crippen LogP contribution in [0.5, 0.6) is 5.75 Å². The topological polar surface area (TPSA) is 58.6 Å². The Balaban J connectivity index is 1.93. The number of nitrogens with one attached hydrogen (secondary N) is 1. The molecule has 0 saturated carbocycles. The fourth-order valence-corrected chi connectivity index (χ4v) is 2.76. The fourth-order valence-electron chi connectivity index (χ4n) is 2.27. The summed E-state index contributed by atoms with van der Waals surface area (Å²) in [5.41, 5.74) is 1.42. The second-order valence-corrected chi connectivity index (χ2v) is 6.73. The van der Waals surface area contributed by atoms with Crippen LogP contribution < -0.4 is 10.1 Å². The summed E-state index contributed by atoms with van der Waals surface area (Å²) in [6.07, 6.45) is -0.723. The Labute approximate surface area is 162 Å². The third kappa shape index (κ3) is 5.38. The Morgan fingerprint density at radius 1 is 1.12 bits per heavy atom. The molecule has 1 N–H and O–H groups in total. The number of anilines is 1. The highest BCUT2D eigenvalue weighted by molar-refractivity contribution is 6.39. The number of hydrogen-bond donors (Lipinski definition) is 1. The largest absolute Gasteiger partial charge is 0.481 e. The number of rotatable bonds is 6. The van der Waals surface area contributed by atoms with Crippen LogP contribution in [0.4, 0.5) is 5.69 Å². The molecule has 2 aromatic carbocycles. The molecule has 0 radical (unpaired) electrons. The quantitative estimate of drug-likeness (QED) is 0.799. The van der Waals surface area contributed by atoms with Gasteiger partial charge in [-0.2, -0.15) is 0 Å². The predicted molar refractivity (Wildman–Crippen MR) is 104 cm³/mol. The molecule has 1 unspecified atom stereocenters. The Morgan fingerprint density at radius 3 is 2.27 bits per heavy atom. The molecule has 2 amide bonds. The third-order valence-electron chi connectivity index (χ3n) is 3.67. The van der Waals surface area contributed by atoms with E-state index in [2.05, 4.69) is 5.32 Å². The summed E-state index contributed by atoms with van der Waals surface area (Å²) >= 11 is 12.0. The van der Waals surface area contributed by atoms with Crippen LogP contribution in [0, 0.1) is 6.92 Å². The lowest BCUT2D eigenvalue weighted by Crippen LogP contribution is -2.42. The number of ether oxygens (including phenoxy) is 1. The van der Waals surface area contributed by atoms with Gasteiger partial charge in [0.2, 0.25) is 5.91 Å². The maximum absolute atomic E-state index is 12.4. The second kappa shape index (κ2) is 8.92. The molecule has 0 heterocycles. The normalized spacial score (nSPS) is 11.6. The lowest BCUT2D eigenvalue weighted by molar-refractivity contribution is -0.139. The molecule has 0 aromatic heterocycles. The van der Waals surface area contributed by atoms with E-state index in [9.17, 15) is 9.59 Å². The van der Waals surface area contributed by atoms with Gasteiger partial charge >= 0.3 is 0 Å². The van der Waals surface area contributed by atoms with Crippen molar-refractivity contribution in [3.05, 3.63) is 58.1 Å². The van der Waals surface area contributed by atoms with Crippen molar-refractivity contribution < 1.29 is 14.3 Å². The zero-order chi connectivity index (χ0) is 19.3. The van der Waals surface area contributed by atoms with Crippen LogP contribution >= 0.6 is 23.2 Å². The van der Waals surface area contributed by atoms with Crippen molar-refractivity contribution in [2.24, 2.45) is 0 Å². The van der Waals surface area contributed by atoms with Crippen molar-refractivity contribution in [2.75, 3.05) is 18.9 Å². The number of halogens is 2. The fraction of sp³-hybridized carbons (Fsp3) is 0.263. The molecule has 2 rings (SSSR count). The summed E-state index contributed by atoms with van der Waals surface area (Å²) in [6, 6.07) is 12.3. The zero-order valence-electron chi connectivity index (χ0n) is 14.8. The Kier molecular flexibility index (Phi) is 6.89. The molecule has 7 heteroatoms. The van der Waals surface area contributed by atoms with E-state index in [0.29, 0.717) is 21.5 Å². The minimum Gasteiger partial charge on any atom is -0.481 e. The van der Waals surface area contributed by atoms with E-state index in [4.69, 9.17) is 27.9 Å². The van der Waals surface area contributed by atoms with Crippen LogP contribution in [0.25, 0.3) is 0 Å². The van der Waals surface area contributed by atoms with Crippen molar-refractivity contribution in [3.63, 3.8) is 0 Å². The maximum atomic E-state index is 12.4. The minimum atomic E-state index is -0.723. The zero-order valence-corrected chi connectivity index (χ0v) is 16.3. The lowest BCUT2D eigenvalue weighted by atomic mass is 10.2. The number of carbonyl (C=O) groups excluding carboxylic acids is 2. The van der Waals surface area contributed by atoms with Crippen LogP contribution in [0.3, 0.4) is 0 Å². The van der Waals surface area contributed by atoms with E-state index in [-0.39, 0.29) is 12.5 Å². The molecule has 0 bridgehead atoms. The van der Waals surface area contributed by atoms with Crippen molar-refractivity contribution in [3.8, 4) is 5.75 Å². The van der Waals surface area contributed by atoms with Gasteiger partial charge in [0.05, 0.1) is 22.3 Å². The van der Waals surface area contributed by atoms with E-state index in [1.54, 1.807) is 37.3 Å². The Morgan fingerprint density at radius 2 is 1.69 bits per heavy atom. The second-order valence-electron chi connectivity index (χ2n) is 5.91. The predicted octanol–water partition coefficient (Wildman–Crippen LogP) is 4.17. The molecule has 0 spiro atoms. The number of aryl methyl sites for hydroxylation is 1. The van der Waals surface area contributed by atoms with Gasteiger partial charge in [-0.1, -0.05) is 47.0 Å². The van der Waals surface area contributed by atoms with Crippen LogP contribution in [0.1, 0.15) is 12.5 Å². The van der Waals surface area contributed by atoms with Gasteiger partial charge in [-0.05, 0) is 38.1 Å². The van der Waals surface area contributed by atoms with Gasteiger partial charge in [-0.3, -0.25) is 9.59 Å². The molecule has 0 fully saturated rings. The Hall–Kier alpha value is -2.24. The highest BCUT2D eigenvalue weighted by Gasteiger charge is 2.21. The van der Waals surface area contributed by atoms with E-state index in [1.165, 1.54) is 11.9 Å². The summed E-state index contributed by atoms with van der Waals surface area (Å²) in [5, 5.41) is 3.28. The van der Waals surface area contributed by atoms with Gasteiger partial charge in [-0.15, -0.1) is 0 Å². The van der Waals surface area contributed by atoms with Gasteiger partial charge in [-0.25, -0.2) is 0 Å². The highest BCUT2D eigenvalue weighted by atomic mass is 35.5. The van der Waals surface area contributed by atoms with Crippen molar-refractivity contribution in [2.45, 2.75) is 20.0 Å². The number of carbonyl (C=O) groups is 2. The average Bonchev–Trinajstić information content (AvgIpc) is 2.59. The first-order valence-electron chi connectivity index (χ1n) is 8.00. The van der Waals surface area contributed by atoms with Crippen LogP contribution in [0.15, 0.2) is 42.5 Å². The molecule has 138 valence electrons. The summed E-state index contributed by atoms with van der Waals surface area (Å²) in [6.45, 7) is 3.46. The standard InChI is InChI=1S/C19H20Cl2N2O3/c1-12-7-9-14(10-8-12)26-13(2)19(25)23(3)11-17(24)22-18-15(20)5-4-6-16(18)21/h4-10,13H,11H2,1-3H3,(H,22,24). The van der Waals surface area contributed by atoms with E-state index >= 15 is 0 Å². The number of amides is 2. The highest BCUT2D eigenvalue weighted by Crippen LogP contribution is 2.29. The number of para-hydroxylation sites is 1. The van der Waals surface area contributed by atoms with Crippen molar-refractivity contribution in [1.29, 1.82) is 0 Å². The molecule has 0 aliphatic heterocycles. The Bertz CT molecular complexity index is 774. The van der Waals surface area contributed by atoms with E-state index in [0.717, 1.165) is 5.56 Å². The van der Waals surface area contributed by atoms with Gasteiger partial charge in [0.1, 0.15) is 5.75 Å². The first-order chi connectivity index (χ1) is 12.3. The lowest BCUT2D eigenvalue weighted by Gasteiger charge is -2.22. The molecule has 1 atom stereocenters. The minimum absolute atomic E-state index is 0.151. The molecule has 2 aromatic rings. The number of likely N-dealkylation sites (N-methyl/N-ethyl adjacent to an activating group) is 1. The van der Waals surface area contributed by atoms with Gasteiger partial charge in [0, 0.05) is 7.05 Å². The third-order valence-corrected chi connectivity index (χ3v) is 4.30. The molecule has 0 saturated heterocycles. The first-order valence-corrected chi connectivity index (χ1v) is 8.75. The van der Waals surface area contributed by atoms with Crippen LogP contribution in [0.2, 0.25) is 10.0 Å². The van der Waals surface area contributed by atoms with Gasteiger partial charge in [0.25, 0.3) is 5.91 Å². The number of benzene rings is 2. The summed E-state index contributed by atoms with van der Waals surface area (Å²) in [4.78, 5) is 25.9. The molecule has 0 aliphatic rings. The molecule has 26 heavy (non-hydrogen) atoms. The smallest absolute Gasteiger partial charge is 0.263 e. The molecular formula is C19H20Cl2N2O3. The van der Waals surface area contributed by atoms with E-state index < -0.39 is 12.0 Å². The van der Waals surface area contributed by atoms with Crippen molar-refractivity contribution >= 4 is 40.7 Å². The molecular weight excluding hydrogens is 375 g/mol. The number of hydrogen-bond acceptors (Lipinski definition) is 3. The average molecular weight is 395 g/mol. The molecule has 0 aliphatic carbocycles. The monoisotopic (exact) mass is 394 g/mol. The molecule has 5 nitrogen and oxygen atoms in total. The van der Waals surface area contributed by atoms with Crippen LogP contribution in [-0.4, -0.2) is 36.4 Å². The SMILES string of the molecule is Cc1ccc(OC(C)C(=O)N(C)CC(=O)Nc2c(Cl)cccc2Cl)cc1. The summed E-state index contributed by atoms with van der Waals surface area (Å²) in [5.74, 6) is -0.124. The van der Waals surface area contributed by atoms with E-state index in [1.807, 2.05) is 19.1 Å². The van der Waals surface area contributed by atoms with Gasteiger partial charge in [0.15, 0.2) is 6.10 Å². The summed E-state index contributed by atoms with van der Waals surface area (Å²) in [7, 11) is 1.53. The van der Waals surface area contributed by atoms with Crippen LogP contribution in [-0.2, 0) is 9.59 Å². The maximum Gasteiger partial charge on any atom is 0.263 e. The van der Waals surface area contributed by atoms with Gasteiger partial charge < -0.3 is 15.0 Å². The van der Waals surface area contributed by atoms with Crippen molar-refractivity contribution in [1.82, 2.24) is 4.90 Å². The first kappa shape index (κ1) is 20.1. The number of nitrogens with zero attached hydrogens (tertiary/aromatic N) is 1.